The lowest BCUT2D eigenvalue weighted by Crippen LogP contribution is -2.29. The highest BCUT2D eigenvalue weighted by Gasteiger charge is 2.24. The second-order valence-electron chi connectivity index (χ2n) is 4.28. The maximum atomic E-state index is 12.0. The zero-order chi connectivity index (χ0) is 13.8. The number of rotatable bonds is 5. The van der Waals surface area contributed by atoms with Crippen LogP contribution in [0.25, 0.3) is 0 Å². The van der Waals surface area contributed by atoms with E-state index in [2.05, 4.69) is 15.9 Å². The third-order valence-electron chi connectivity index (χ3n) is 2.94. The molecule has 1 aliphatic heterocycles. The maximum Gasteiger partial charge on any atom is 0.261 e. The van der Waals surface area contributed by atoms with Crippen LogP contribution in [0.2, 0.25) is 0 Å². The minimum atomic E-state index is -2.49. The predicted octanol–water partition coefficient (Wildman–Crippen LogP) is 3.01. The molecule has 0 radical (unpaired) electrons. The van der Waals surface area contributed by atoms with Crippen LogP contribution in [0.5, 0.6) is 0 Å². The summed E-state index contributed by atoms with van der Waals surface area (Å²) in [5.41, 5.74) is 2.03. The van der Waals surface area contributed by atoms with Crippen LogP contribution >= 0.6 is 15.9 Å². The van der Waals surface area contributed by atoms with Crippen molar-refractivity contribution < 1.29 is 18.3 Å². The van der Waals surface area contributed by atoms with Crippen LogP contribution in [0.15, 0.2) is 22.7 Å². The first-order valence-corrected chi connectivity index (χ1v) is 6.82. The van der Waals surface area contributed by atoms with Gasteiger partial charge in [0.15, 0.2) is 0 Å². The molecule has 2 rings (SSSR count). The summed E-state index contributed by atoms with van der Waals surface area (Å²) in [6.07, 6.45) is -1.54. The minimum Gasteiger partial charge on any atom is -0.375 e. The number of alkyl halides is 2. The largest absolute Gasteiger partial charge is 0.375 e. The molecular formula is C13H14BrF2NO2. The van der Waals surface area contributed by atoms with Crippen LogP contribution in [-0.4, -0.2) is 32.1 Å². The third-order valence-corrected chi connectivity index (χ3v) is 3.44. The lowest BCUT2D eigenvalue weighted by molar-refractivity contribution is -0.120. The third kappa shape index (κ3) is 3.73. The van der Waals surface area contributed by atoms with Crippen molar-refractivity contribution in [3.05, 3.63) is 28.2 Å². The number of anilines is 1. The molecule has 19 heavy (non-hydrogen) atoms. The van der Waals surface area contributed by atoms with Gasteiger partial charge < -0.3 is 9.64 Å². The molecule has 1 aromatic carbocycles. The molecule has 6 heteroatoms. The van der Waals surface area contributed by atoms with Crippen LogP contribution in [0.4, 0.5) is 14.5 Å². The Bertz CT molecular complexity index is 468. The molecule has 0 aliphatic carbocycles. The average Bonchev–Trinajstić information content (AvgIpc) is 2.77. The van der Waals surface area contributed by atoms with Gasteiger partial charge in [0.25, 0.3) is 6.43 Å². The van der Waals surface area contributed by atoms with Gasteiger partial charge in [-0.15, -0.1) is 0 Å². The second-order valence-corrected chi connectivity index (χ2v) is 5.20. The summed E-state index contributed by atoms with van der Waals surface area (Å²) in [5, 5.41) is 0. The van der Waals surface area contributed by atoms with Gasteiger partial charge in [-0.1, -0.05) is 15.9 Å². The number of hydrogen-bond donors (Lipinski definition) is 0. The molecule has 0 spiro atoms. The van der Waals surface area contributed by atoms with Gasteiger partial charge in [-0.2, -0.15) is 0 Å². The van der Waals surface area contributed by atoms with Crippen LogP contribution in [0.3, 0.4) is 0 Å². The number of ether oxygens (including phenoxy) is 1. The molecule has 0 unspecified atom stereocenters. The first-order valence-electron chi connectivity index (χ1n) is 6.02. The van der Waals surface area contributed by atoms with Crippen molar-refractivity contribution in [2.75, 3.05) is 24.7 Å². The summed E-state index contributed by atoms with van der Waals surface area (Å²) in [6.45, 7) is 0.0574. The number of benzene rings is 1. The molecule has 1 aromatic rings. The fourth-order valence-electron chi connectivity index (χ4n) is 2.10. The smallest absolute Gasteiger partial charge is 0.261 e. The number of fused-ring (bicyclic) bond motifs is 1. The average molecular weight is 334 g/mol. The SMILES string of the molecule is O=C(CCOCC(F)F)N1CCc2cc(Br)ccc21. The minimum absolute atomic E-state index is 0.0333. The lowest BCUT2D eigenvalue weighted by atomic mass is 10.2. The van der Waals surface area contributed by atoms with Gasteiger partial charge in [0.2, 0.25) is 5.91 Å². The van der Waals surface area contributed by atoms with E-state index in [9.17, 15) is 13.6 Å². The van der Waals surface area contributed by atoms with E-state index in [1.54, 1.807) is 4.90 Å². The summed E-state index contributed by atoms with van der Waals surface area (Å²) in [5.74, 6) is -0.0876. The van der Waals surface area contributed by atoms with Crippen molar-refractivity contribution in [3.63, 3.8) is 0 Å². The zero-order valence-corrected chi connectivity index (χ0v) is 11.8. The predicted molar refractivity (Wildman–Crippen MR) is 71.6 cm³/mol. The Morgan fingerprint density at radius 1 is 1.47 bits per heavy atom. The van der Waals surface area contributed by atoms with Gasteiger partial charge in [-0.05, 0) is 30.2 Å². The van der Waals surface area contributed by atoms with Crippen LogP contribution in [0.1, 0.15) is 12.0 Å². The molecule has 0 saturated heterocycles. The highest BCUT2D eigenvalue weighted by molar-refractivity contribution is 9.10. The summed E-state index contributed by atoms with van der Waals surface area (Å²) in [6, 6.07) is 5.78. The van der Waals surface area contributed by atoms with Crippen molar-refractivity contribution in [1.29, 1.82) is 0 Å². The van der Waals surface area contributed by atoms with Crippen LogP contribution in [-0.2, 0) is 16.0 Å². The number of nitrogens with zero attached hydrogens (tertiary/aromatic N) is 1. The Morgan fingerprint density at radius 3 is 3.00 bits per heavy atom. The Morgan fingerprint density at radius 2 is 2.26 bits per heavy atom. The quantitative estimate of drug-likeness (QED) is 0.775. The van der Waals surface area contributed by atoms with E-state index in [4.69, 9.17) is 4.74 Å². The first kappa shape index (κ1) is 14.4. The second kappa shape index (κ2) is 6.43. The first-order chi connectivity index (χ1) is 9.08. The number of hydrogen-bond acceptors (Lipinski definition) is 2. The van der Waals surface area contributed by atoms with E-state index in [0.29, 0.717) is 6.54 Å². The van der Waals surface area contributed by atoms with Crippen LogP contribution < -0.4 is 4.90 Å². The van der Waals surface area contributed by atoms with E-state index in [0.717, 1.165) is 22.1 Å². The Kier molecular flexibility index (Phi) is 4.87. The standard InChI is InChI=1S/C13H14BrF2NO2/c14-10-1-2-11-9(7-10)3-5-17(11)13(18)4-6-19-8-12(15)16/h1-2,7,12H,3-6,8H2. The van der Waals surface area contributed by atoms with E-state index in [1.807, 2.05) is 18.2 Å². The Balaban J connectivity index is 1.89. The molecule has 0 saturated carbocycles. The van der Waals surface area contributed by atoms with Gasteiger partial charge in [0.05, 0.1) is 13.0 Å². The van der Waals surface area contributed by atoms with E-state index < -0.39 is 13.0 Å². The van der Waals surface area contributed by atoms with Gasteiger partial charge in [-0.25, -0.2) is 8.78 Å². The molecule has 1 aliphatic rings. The summed E-state index contributed by atoms with van der Waals surface area (Å²) < 4.78 is 29.5. The van der Waals surface area contributed by atoms with Gasteiger partial charge in [-0.3, -0.25) is 4.79 Å². The molecule has 0 fully saturated rings. The molecule has 0 bridgehead atoms. The van der Waals surface area contributed by atoms with Crippen molar-refractivity contribution in [2.45, 2.75) is 19.3 Å². The number of carbonyl (C=O) groups excluding carboxylic acids is 1. The molecule has 1 heterocycles. The normalized spacial score (nSPS) is 14.0. The summed E-state index contributed by atoms with van der Waals surface area (Å²) >= 11 is 3.39. The van der Waals surface area contributed by atoms with Crippen molar-refractivity contribution in [1.82, 2.24) is 0 Å². The Labute approximate surface area is 118 Å². The number of carbonyl (C=O) groups is 1. The van der Waals surface area contributed by atoms with Gasteiger partial charge >= 0.3 is 0 Å². The summed E-state index contributed by atoms with van der Waals surface area (Å²) in [7, 11) is 0. The zero-order valence-electron chi connectivity index (χ0n) is 10.2. The maximum absolute atomic E-state index is 12.0. The monoisotopic (exact) mass is 333 g/mol. The number of halogens is 3. The highest BCUT2D eigenvalue weighted by Crippen LogP contribution is 2.30. The van der Waals surface area contributed by atoms with E-state index in [-0.39, 0.29) is 18.9 Å². The number of amides is 1. The molecular weight excluding hydrogens is 320 g/mol. The molecule has 1 amide bonds. The van der Waals surface area contributed by atoms with E-state index >= 15 is 0 Å². The molecule has 3 nitrogen and oxygen atoms in total. The molecule has 0 aromatic heterocycles. The van der Waals surface area contributed by atoms with Gasteiger partial charge in [0, 0.05) is 16.7 Å². The summed E-state index contributed by atoms with van der Waals surface area (Å²) in [4.78, 5) is 13.7. The van der Waals surface area contributed by atoms with Gasteiger partial charge in [0.1, 0.15) is 6.61 Å². The van der Waals surface area contributed by atoms with Crippen molar-refractivity contribution in [2.24, 2.45) is 0 Å². The molecule has 104 valence electrons. The fourth-order valence-corrected chi connectivity index (χ4v) is 2.50. The molecule has 0 atom stereocenters. The molecule has 0 N–H and O–H groups in total. The lowest BCUT2D eigenvalue weighted by Gasteiger charge is -2.17. The van der Waals surface area contributed by atoms with Crippen LogP contribution in [0, 0.1) is 0 Å². The Hall–Kier alpha value is -1.01. The fraction of sp³-hybridized carbons (Fsp3) is 0.462. The highest BCUT2D eigenvalue weighted by atomic mass is 79.9. The van der Waals surface area contributed by atoms with Crippen molar-refractivity contribution in [3.8, 4) is 0 Å². The van der Waals surface area contributed by atoms with E-state index in [1.165, 1.54) is 0 Å². The van der Waals surface area contributed by atoms with Crippen molar-refractivity contribution >= 4 is 27.5 Å². The topological polar surface area (TPSA) is 29.5 Å².